The molecule has 122 valence electrons. The van der Waals surface area contributed by atoms with E-state index >= 15 is 0 Å². The Kier molecular flexibility index (Phi) is 5.25. The Labute approximate surface area is 140 Å². The van der Waals surface area contributed by atoms with Crippen LogP contribution in [0.25, 0.3) is 6.58 Å². The van der Waals surface area contributed by atoms with Crippen LogP contribution in [-0.2, 0) is 0 Å². The minimum absolute atomic E-state index is 0.200. The highest BCUT2D eigenvalue weighted by molar-refractivity contribution is 8.00. The largest absolute Gasteiger partial charge is 0.329 e. The molecule has 1 aromatic carbocycles. The molecule has 2 N–H and O–H groups in total. The molecule has 2 aliphatic heterocycles. The van der Waals surface area contributed by atoms with Gasteiger partial charge in [0, 0.05) is 18.3 Å². The van der Waals surface area contributed by atoms with Crippen molar-refractivity contribution >= 4 is 30.1 Å². The lowest BCUT2D eigenvalue weighted by Crippen LogP contribution is -2.38. The number of likely N-dealkylation sites (tertiary alicyclic amines) is 1. The number of aliphatic imine (C=N–C) groups is 1. The smallest absolute Gasteiger partial charge is 0.280 e. The second kappa shape index (κ2) is 7.38. The minimum atomic E-state index is -0.200. The third-order valence-electron chi connectivity index (χ3n) is 4.25. The Morgan fingerprint density at radius 2 is 2.09 bits per heavy atom. The van der Waals surface area contributed by atoms with Crippen LogP contribution < -0.4 is 16.3 Å². The van der Waals surface area contributed by atoms with Crippen molar-refractivity contribution in [3.05, 3.63) is 34.3 Å². The average Bonchev–Trinajstić information content (AvgIpc) is 2.56. The fourth-order valence-electron chi connectivity index (χ4n) is 2.97. The fourth-order valence-corrected chi connectivity index (χ4v) is 4.02. The maximum atomic E-state index is 12.1. The molecule has 0 spiro atoms. The van der Waals surface area contributed by atoms with Crippen LogP contribution in [0.1, 0.15) is 23.2 Å². The molecule has 0 atom stereocenters. The summed E-state index contributed by atoms with van der Waals surface area (Å²) in [7, 11) is 0. The zero-order valence-electron chi connectivity index (χ0n) is 13.2. The van der Waals surface area contributed by atoms with Crippen LogP contribution in [0.3, 0.4) is 0 Å². The number of fused-ring (bicyclic) bond motifs is 1. The number of hydrogen-bond acceptors (Lipinski definition) is 5. The summed E-state index contributed by atoms with van der Waals surface area (Å²) < 4.78 is 0. The number of amides is 1. The SMILES string of the molecule is C=c1cccc2c1=NC(CSC1CCN(CCN)CC1)=NC2=O. The van der Waals surface area contributed by atoms with Gasteiger partial charge in [0.05, 0.1) is 16.7 Å². The van der Waals surface area contributed by atoms with Crippen LogP contribution in [0.5, 0.6) is 0 Å². The van der Waals surface area contributed by atoms with E-state index < -0.39 is 0 Å². The standard InChI is InChI=1S/C17H22N4OS/c1-12-3-2-4-14-16(12)19-15(20-17(14)22)11-23-13-5-8-21(9-6-13)10-7-18/h2-4,13H,1,5-11,18H2. The number of thioether (sulfide) groups is 1. The molecule has 1 aromatic rings. The number of nitrogens with zero attached hydrogens (tertiary/aromatic N) is 3. The van der Waals surface area contributed by atoms with E-state index in [9.17, 15) is 4.79 Å². The lowest BCUT2D eigenvalue weighted by atomic mass is 10.1. The second-order valence-corrected chi connectivity index (χ2v) is 7.19. The highest BCUT2D eigenvalue weighted by Gasteiger charge is 2.21. The van der Waals surface area contributed by atoms with Crippen LogP contribution in [0, 0.1) is 0 Å². The Hall–Kier alpha value is -1.50. The van der Waals surface area contributed by atoms with E-state index in [-0.39, 0.29) is 5.91 Å². The van der Waals surface area contributed by atoms with Crippen LogP contribution in [-0.4, -0.2) is 53.8 Å². The zero-order valence-corrected chi connectivity index (χ0v) is 14.0. The van der Waals surface area contributed by atoms with Gasteiger partial charge in [0.2, 0.25) is 0 Å². The molecule has 0 aliphatic carbocycles. The second-order valence-electron chi connectivity index (χ2n) is 5.90. The summed E-state index contributed by atoms with van der Waals surface area (Å²) in [5.74, 6) is 1.10. The van der Waals surface area contributed by atoms with Gasteiger partial charge in [-0.05, 0) is 37.2 Å². The number of amidine groups is 1. The molecule has 5 nitrogen and oxygen atoms in total. The summed E-state index contributed by atoms with van der Waals surface area (Å²) in [4.78, 5) is 23.2. The molecule has 6 heteroatoms. The summed E-state index contributed by atoms with van der Waals surface area (Å²) >= 11 is 1.85. The van der Waals surface area contributed by atoms with Crippen molar-refractivity contribution in [3.63, 3.8) is 0 Å². The number of para-hydroxylation sites is 1. The summed E-state index contributed by atoms with van der Waals surface area (Å²) in [6, 6.07) is 5.45. The van der Waals surface area contributed by atoms with Gasteiger partial charge in [-0.25, -0.2) is 4.99 Å². The van der Waals surface area contributed by atoms with Gasteiger partial charge < -0.3 is 10.6 Å². The molecule has 1 saturated heterocycles. The zero-order chi connectivity index (χ0) is 16.2. The maximum Gasteiger partial charge on any atom is 0.280 e. The van der Waals surface area contributed by atoms with Gasteiger partial charge in [0.1, 0.15) is 5.84 Å². The summed E-state index contributed by atoms with van der Waals surface area (Å²) in [5.41, 5.74) is 6.16. The van der Waals surface area contributed by atoms with E-state index in [0.29, 0.717) is 27.8 Å². The average molecular weight is 330 g/mol. The molecular weight excluding hydrogens is 308 g/mol. The van der Waals surface area contributed by atoms with Crippen molar-refractivity contribution < 1.29 is 4.79 Å². The van der Waals surface area contributed by atoms with Crippen molar-refractivity contribution in [2.24, 2.45) is 15.7 Å². The molecule has 2 heterocycles. The first kappa shape index (κ1) is 16.4. The Balaban J connectivity index is 1.61. The van der Waals surface area contributed by atoms with E-state index in [1.165, 1.54) is 0 Å². The third-order valence-corrected chi connectivity index (χ3v) is 5.62. The van der Waals surface area contributed by atoms with Crippen LogP contribution >= 0.6 is 11.8 Å². The lowest BCUT2D eigenvalue weighted by molar-refractivity contribution is 0.1000. The van der Waals surface area contributed by atoms with Crippen molar-refractivity contribution in [1.29, 1.82) is 0 Å². The molecule has 0 radical (unpaired) electrons. The van der Waals surface area contributed by atoms with Crippen molar-refractivity contribution in [3.8, 4) is 0 Å². The number of rotatable bonds is 5. The van der Waals surface area contributed by atoms with Crippen LogP contribution in [0.2, 0.25) is 0 Å². The highest BCUT2D eigenvalue weighted by Crippen LogP contribution is 2.23. The van der Waals surface area contributed by atoms with Gasteiger partial charge in [-0.15, -0.1) is 0 Å². The van der Waals surface area contributed by atoms with Gasteiger partial charge in [-0.2, -0.15) is 16.8 Å². The first-order valence-corrected chi connectivity index (χ1v) is 9.05. The number of piperidine rings is 1. The van der Waals surface area contributed by atoms with E-state index in [1.54, 1.807) is 6.07 Å². The number of nitrogens with two attached hydrogens (primary N) is 1. The van der Waals surface area contributed by atoms with Gasteiger partial charge >= 0.3 is 0 Å². The maximum absolute atomic E-state index is 12.1. The van der Waals surface area contributed by atoms with E-state index in [1.807, 2.05) is 23.9 Å². The van der Waals surface area contributed by atoms with E-state index in [4.69, 9.17) is 5.73 Å². The Morgan fingerprint density at radius 3 is 2.83 bits per heavy atom. The van der Waals surface area contributed by atoms with Crippen LogP contribution in [0.4, 0.5) is 0 Å². The fraction of sp³-hybridized carbons (Fsp3) is 0.471. The Morgan fingerprint density at radius 1 is 1.30 bits per heavy atom. The number of hydrogen-bond donors (Lipinski definition) is 1. The monoisotopic (exact) mass is 330 g/mol. The third kappa shape index (κ3) is 3.88. The minimum Gasteiger partial charge on any atom is -0.329 e. The molecular formula is C17H22N4OS. The van der Waals surface area contributed by atoms with Gasteiger partial charge in [-0.3, -0.25) is 4.79 Å². The summed E-state index contributed by atoms with van der Waals surface area (Å²) in [5, 5.41) is 2.07. The van der Waals surface area contributed by atoms with E-state index in [0.717, 1.165) is 44.2 Å². The molecule has 1 amide bonds. The van der Waals surface area contributed by atoms with Crippen molar-refractivity contribution in [1.82, 2.24) is 4.90 Å². The predicted molar refractivity (Wildman–Crippen MR) is 95.5 cm³/mol. The van der Waals surface area contributed by atoms with Gasteiger partial charge in [-0.1, -0.05) is 18.7 Å². The van der Waals surface area contributed by atoms with Gasteiger partial charge in [0.25, 0.3) is 5.91 Å². The molecule has 1 fully saturated rings. The normalized spacial score (nSPS) is 19.2. The summed E-state index contributed by atoms with van der Waals surface area (Å²) in [6.45, 7) is 7.86. The number of carbonyl (C=O) groups is 1. The number of carbonyl (C=O) groups excluding carboxylic acids is 1. The molecule has 0 unspecified atom stereocenters. The molecule has 0 saturated carbocycles. The van der Waals surface area contributed by atoms with E-state index in [2.05, 4.69) is 21.5 Å². The Bertz CT molecular complexity index is 723. The molecule has 3 rings (SSSR count). The predicted octanol–water partition coefficient (Wildman–Crippen LogP) is 0.425. The van der Waals surface area contributed by atoms with Crippen molar-refractivity contribution in [2.75, 3.05) is 31.9 Å². The lowest BCUT2D eigenvalue weighted by Gasteiger charge is -2.31. The quantitative estimate of drug-likeness (QED) is 0.850. The van der Waals surface area contributed by atoms with Crippen LogP contribution in [0.15, 0.2) is 28.2 Å². The number of benzene rings is 1. The summed E-state index contributed by atoms with van der Waals surface area (Å²) in [6.07, 6.45) is 2.31. The molecule has 2 aliphatic rings. The molecule has 23 heavy (non-hydrogen) atoms. The molecule has 0 bridgehead atoms. The highest BCUT2D eigenvalue weighted by atomic mass is 32.2. The topological polar surface area (TPSA) is 71.0 Å². The molecule has 0 aromatic heterocycles. The first-order valence-electron chi connectivity index (χ1n) is 8.00. The van der Waals surface area contributed by atoms with Gasteiger partial charge in [0.15, 0.2) is 0 Å². The van der Waals surface area contributed by atoms with Crippen molar-refractivity contribution in [2.45, 2.75) is 18.1 Å². The first-order chi connectivity index (χ1) is 11.2.